The van der Waals surface area contributed by atoms with Gasteiger partial charge in [0.2, 0.25) is 0 Å². The van der Waals surface area contributed by atoms with E-state index in [1.807, 2.05) is 6.07 Å². The van der Waals surface area contributed by atoms with Crippen molar-refractivity contribution in [1.29, 1.82) is 5.26 Å². The Morgan fingerprint density at radius 1 is 0.882 bits per heavy atom. The summed E-state index contributed by atoms with van der Waals surface area (Å²) in [5, 5.41) is 13.4. The predicted molar refractivity (Wildman–Crippen MR) is 125 cm³/mol. The minimum absolute atomic E-state index is 0.105. The molecule has 0 atom stereocenters. The third kappa shape index (κ3) is 6.74. The Balaban J connectivity index is 1.89. The third-order valence-electron chi connectivity index (χ3n) is 4.60. The van der Waals surface area contributed by atoms with Crippen LogP contribution < -0.4 is 15.4 Å². The van der Waals surface area contributed by atoms with Gasteiger partial charge in [-0.15, -0.1) is 0 Å². The average Bonchev–Trinajstić information content (AvgIpc) is 2.83. The summed E-state index contributed by atoms with van der Waals surface area (Å²) in [5.41, 5.74) is -0.119. The normalized spacial score (nSPS) is 10.0. The molecule has 2 N–H and O–H groups in total. The molecule has 3 aromatic carbocycles. The Labute approximate surface area is 195 Å². The molecule has 0 unspecified atom stereocenters. The van der Waals surface area contributed by atoms with Crippen LogP contribution in [-0.2, 0) is 9.59 Å². The number of nitriles is 1. The Bertz CT molecular complexity index is 1190. The van der Waals surface area contributed by atoms with Crippen molar-refractivity contribution in [3.8, 4) is 11.8 Å². The van der Waals surface area contributed by atoms with E-state index in [9.17, 15) is 18.4 Å². The zero-order valence-corrected chi connectivity index (χ0v) is 18.1. The van der Waals surface area contributed by atoms with E-state index in [4.69, 9.17) is 10.00 Å². The number of amides is 2. The van der Waals surface area contributed by atoms with Gasteiger partial charge in [-0.3, -0.25) is 9.59 Å². The van der Waals surface area contributed by atoms with Gasteiger partial charge in [-0.25, -0.2) is 8.78 Å². The van der Waals surface area contributed by atoms with E-state index in [2.05, 4.69) is 10.6 Å². The van der Waals surface area contributed by atoms with E-state index in [1.165, 1.54) is 54.6 Å². The monoisotopic (exact) mass is 461 g/mol. The standard InChI is InChI=1S/C26H21F2N3O3/c27-21-10-1-3-12-23(21)30-25(32)20(26(33)31-24-13-4-2-11-22(24)28)17-18-8-7-9-19(16-18)34-15-6-5-14-29/h1-4,7-13,16-17H,5-6,15H2,(H,30,32)(H,31,33). The number of para-hydroxylation sites is 2. The van der Waals surface area contributed by atoms with Crippen LogP contribution in [0.5, 0.6) is 5.75 Å². The number of anilines is 2. The highest BCUT2D eigenvalue weighted by Crippen LogP contribution is 2.20. The molecule has 0 aliphatic heterocycles. The van der Waals surface area contributed by atoms with Crippen LogP contribution in [0, 0.1) is 23.0 Å². The summed E-state index contributed by atoms with van der Waals surface area (Å²) in [4.78, 5) is 25.9. The van der Waals surface area contributed by atoms with Crippen molar-refractivity contribution in [2.75, 3.05) is 17.2 Å². The SMILES string of the molecule is N#CCCCOc1cccc(C=C(C(=O)Nc2ccccc2F)C(=O)Nc2ccccc2F)c1. The van der Waals surface area contributed by atoms with Gasteiger partial charge >= 0.3 is 0 Å². The molecule has 0 bridgehead atoms. The first kappa shape index (κ1) is 24.1. The summed E-state index contributed by atoms with van der Waals surface area (Å²) in [5.74, 6) is -2.61. The van der Waals surface area contributed by atoms with Crippen molar-refractivity contribution in [2.45, 2.75) is 12.8 Å². The van der Waals surface area contributed by atoms with E-state index in [-0.39, 0.29) is 16.9 Å². The van der Waals surface area contributed by atoms with Crippen molar-refractivity contribution in [1.82, 2.24) is 0 Å². The lowest BCUT2D eigenvalue weighted by Gasteiger charge is -2.12. The lowest BCUT2D eigenvalue weighted by molar-refractivity contribution is -0.118. The summed E-state index contributed by atoms with van der Waals surface area (Å²) in [6, 6.07) is 19.7. The maximum Gasteiger partial charge on any atom is 0.261 e. The predicted octanol–water partition coefficient (Wildman–Crippen LogP) is 5.31. The van der Waals surface area contributed by atoms with Crippen molar-refractivity contribution in [3.63, 3.8) is 0 Å². The molecule has 3 rings (SSSR count). The van der Waals surface area contributed by atoms with Crippen LogP contribution in [0.25, 0.3) is 6.08 Å². The summed E-state index contributed by atoms with van der Waals surface area (Å²) in [6.07, 6.45) is 2.21. The second-order valence-electron chi connectivity index (χ2n) is 7.11. The molecule has 6 nitrogen and oxygen atoms in total. The van der Waals surface area contributed by atoms with Gasteiger partial charge in [0.05, 0.1) is 24.1 Å². The summed E-state index contributed by atoms with van der Waals surface area (Å²) in [7, 11) is 0. The van der Waals surface area contributed by atoms with Crippen molar-refractivity contribution < 1.29 is 23.1 Å². The van der Waals surface area contributed by atoms with E-state index < -0.39 is 23.4 Å². The number of carbonyl (C=O) groups is 2. The maximum absolute atomic E-state index is 14.0. The molecule has 3 aromatic rings. The van der Waals surface area contributed by atoms with Crippen LogP contribution in [0.15, 0.2) is 78.4 Å². The van der Waals surface area contributed by atoms with Crippen LogP contribution in [0.2, 0.25) is 0 Å². The molecule has 0 aliphatic carbocycles. The number of benzene rings is 3. The number of ether oxygens (including phenoxy) is 1. The minimum atomic E-state index is -0.876. The number of rotatable bonds is 9. The number of hydrogen-bond acceptors (Lipinski definition) is 4. The van der Waals surface area contributed by atoms with Gasteiger partial charge in [-0.2, -0.15) is 5.26 Å². The van der Waals surface area contributed by atoms with Crippen LogP contribution in [0.3, 0.4) is 0 Å². The number of nitrogens with one attached hydrogen (secondary N) is 2. The van der Waals surface area contributed by atoms with Gasteiger partial charge in [0.1, 0.15) is 23.0 Å². The van der Waals surface area contributed by atoms with Crippen LogP contribution in [0.4, 0.5) is 20.2 Å². The average molecular weight is 461 g/mol. The molecule has 0 aromatic heterocycles. The molecule has 8 heteroatoms. The summed E-state index contributed by atoms with van der Waals surface area (Å²) >= 11 is 0. The third-order valence-corrected chi connectivity index (χ3v) is 4.60. The minimum Gasteiger partial charge on any atom is -0.494 e. The fraction of sp³-hybridized carbons (Fsp3) is 0.115. The second-order valence-corrected chi connectivity index (χ2v) is 7.11. The highest BCUT2D eigenvalue weighted by Gasteiger charge is 2.21. The van der Waals surface area contributed by atoms with Gasteiger partial charge in [-0.1, -0.05) is 36.4 Å². The Morgan fingerprint density at radius 3 is 2.03 bits per heavy atom. The molecular formula is C26H21F2N3O3. The summed E-state index contributed by atoms with van der Waals surface area (Å²) in [6.45, 7) is 0.328. The Hall–Kier alpha value is -4.51. The zero-order valence-electron chi connectivity index (χ0n) is 18.1. The first-order valence-electron chi connectivity index (χ1n) is 10.4. The zero-order chi connectivity index (χ0) is 24.3. The lowest BCUT2D eigenvalue weighted by Crippen LogP contribution is -2.26. The van der Waals surface area contributed by atoms with E-state index in [1.54, 1.807) is 24.3 Å². The van der Waals surface area contributed by atoms with Crippen LogP contribution in [0.1, 0.15) is 18.4 Å². The molecule has 0 heterocycles. The largest absolute Gasteiger partial charge is 0.494 e. The molecule has 0 spiro atoms. The molecular weight excluding hydrogens is 440 g/mol. The second kappa shape index (κ2) is 11.9. The smallest absolute Gasteiger partial charge is 0.261 e. The molecule has 172 valence electrons. The first-order valence-corrected chi connectivity index (χ1v) is 10.4. The number of unbranched alkanes of at least 4 members (excludes halogenated alkanes) is 1. The Morgan fingerprint density at radius 2 is 1.47 bits per heavy atom. The highest BCUT2D eigenvalue weighted by atomic mass is 19.1. The van der Waals surface area contributed by atoms with E-state index in [0.29, 0.717) is 30.8 Å². The first-order chi connectivity index (χ1) is 16.5. The molecule has 0 fully saturated rings. The van der Waals surface area contributed by atoms with Gasteiger partial charge in [0.25, 0.3) is 11.8 Å². The fourth-order valence-electron chi connectivity index (χ4n) is 2.94. The molecule has 0 aliphatic rings. The topological polar surface area (TPSA) is 91.2 Å². The molecule has 0 radical (unpaired) electrons. The highest BCUT2D eigenvalue weighted by molar-refractivity contribution is 6.28. The van der Waals surface area contributed by atoms with Gasteiger partial charge in [0.15, 0.2) is 0 Å². The number of hydrogen-bond donors (Lipinski definition) is 2. The van der Waals surface area contributed by atoms with Crippen molar-refractivity contribution in [3.05, 3.63) is 95.6 Å². The number of carbonyl (C=O) groups excluding carboxylic acids is 2. The van der Waals surface area contributed by atoms with E-state index >= 15 is 0 Å². The quantitative estimate of drug-likeness (QED) is 0.196. The van der Waals surface area contributed by atoms with Gasteiger partial charge in [0, 0.05) is 6.42 Å². The number of nitrogens with zero attached hydrogens (tertiary/aromatic N) is 1. The molecule has 2 amide bonds. The Kier molecular flexibility index (Phi) is 8.47. The lowest BCUT2D eigenvalue weighted by atomic mass is 10.1. The maximum atomic E-state index is 14.0. The summed E-state index contributed by atoms with van der Waals surface area (Å²) < 4.78 is 33.7. The van der Waals surface area contributed by atoms with Crippen LogP contribution in [-0.4, -0.2) is 18.4 Å². The molecule has 0 saturated heterocycles. The number of halogens is 2. The van der Waals surface area contributed by atoms with Gasteiger partial charge < -0.3 is 15.4 Å². The van der Waals surface area contributed by atoms with Crippen LogP contribution >= 0.6 is 0 Å². The molecule has 34 heavy (non-hydrogen) atoms. The molecule has 0 saturated carbocycles. The van der Waals surface area contributed by atoms with Gasteiger partial charge in [-0.05, 0) is 54.5 Å². The fourth-order valence-corrected chi connectivity index (χ4v) is 2.94. The van der Waals surface area contributed by atoms with Crippen molar-refractivity contribution >= 4 is 29.3 Å². The van der Waals surface area contributed by atoms with E-state index in [0.717, 1.165) is 0 Å². The van der Waals surface area contributed by atoms with Crippen molar-refractivity contribution in [2.24, 2.45) is 0 Å².